The van der Waals surface area contributed by atoms with E-state index in [2.05, 4.69) is 11.1 Å². The fourth-order valence-electron chi connectivity index (χ4n) is 3.83. The van der Waals surface area contributed by atoms with Gasteiger partial charge in [-0.3, -0.25) is 0 Å². The molecular weight excluding hydrogens is 445 g/mol. The number of anilines is 1. The lowest BCUT2D eigenvalue weighted by molar-refractivity contribution is -0.139. The fourth-order valence-corrected chi connectivity index (χ4v) is 6.67. The van der Waals surface area contributed by atoms with Gasteiger partial charge in [0.05, 0.1) is 21.4 Å². The molecule has 1 aromatic heterocycles. The zero-order valence-electron chi connectivity index (χ0n) is 16.8. The van der Waals surface area contributed by atoms with Gasteiger partial charge in [0.1, 0.15) is 0 Å². The Kier molecular flexibility index (Phi) is 5.83. The molecule has 9 heteroatoms. The van der Waals surface area contributed by atoms with Crippen molar-refractivity contribution in [3.8, 4) is 11.3 Å². The molecule has 31 heavy (non-hydrogen) atoms. The third-order valence-electron chi connectivity index (χ3n) is 5.46. The normalized spacial score (nSPS) is 15.9. The van der Waals surface area contributed by atoms with E-state index >= 15 is 0 Å². The van der Waals surface area contributed by atoms with Crippen molar-refractivity contribution in [2.45, 2.75) is 36.1 Å². The van der Waals surface area contributed by atoms with Crippen LogP contribution in [0.1, 0.15) is 24.0 Å². The van der Waals surface area contributed by atoms with E-state index in [0.717, 1.165) is 34.1 Å². The van der Waals surface area contributed by atoms with Crippen LogP contribution in [0, 0.1) is 6.92 Å². The van der Waals surface area contributed by atoms with E-state index in [1.165, 1.54) is 23.5 Å². The minimum atomic E-state index is -4.71. The van der Waals surface area contributed by atoms with Gasteiger partial charge in [-0.05, 0) is 38.0 Å². The minimum absolute atomic E-state index is 0.258. The van der Waals surface area contributed by atoms with Gasteiger partial charge in [0, 0.05) is 24.0 Å². The second kappa shape index (κ2) is 8.27. The maximum absolute atomic E-state index is 13.3. The summed E-state index contributed by atoms with van der Waals surface area (Å²) in [6.45, 7) is 2.87. The SMILES string of the molecule is Cc1cccc(-c2csc(N3CCC(S(=O)(=O)c4ccccc4C(F)(F)F)CC3)n2)c1. The lowest BCUT2D eigenvalue weighted by Gasteiger charge is -2.31. The highest BCUT2D eigenvalue weighted by molar-refractivity contribution is 7.92. The molecular formula is C22H21F3N2O2S2. The van der Waals surface area contributed by atoms with E-state index in [-0.39, 0.29) is 12.8 Å². The van der Waals surface area contributed by atoms with Crippen LogP contribution >= 0.6 is 11.3 Å². The van der Waals surface area contributed by atoms with Gasteiger partial charge in [-0.15, -0.1) is 11.3 Å². The third-order valence-corrected chi connectivity index (χ3v) is 8.68. The molecule has 1 aliphatic rings. The summed E-state index contributed by atoms with van der Waals surface area (Å²) < 4.78 is 65.9. The number of hydrogen-bond donors (Lipinski definition) is 0. The largest absolute Gasteiger partial charge is 0.417 e. The van der Waals surface area contributed by atoms with Crippen molar-refractivity contribution < 1.29 is 21.6 Å². The van der Waals surface area contributed by atoms with Crippen molar-refractivity contribution in [2.24, 2.45) is 0 Å². The summed E-state index contributed by atoms with van der Waals surface area (Å²) in [4.78, 5) is 6.06. The molecule has 2 heterocycles. The standard InChI is InChI=1S/C22H21F3N2O2S2/c1-15-5-4-6-16(13-15)19-14-30-21(26-19)27-11-9-17(10-12-27)31(28,29)20-8-3-2-7-18(20)22(23,24)25/h2-8,13-14,17H,9-12H2,1H3. The fraction of sp³-hybridized carbons (Fsp3) is 0.318. The third kappa shape index (κ3) is 4.48. The lowest BCUT2D eigenvalue weighted by atomic mass is 10.1. The summed E-state index contributed by atoms with van der Waals surface area (Å²) in [5.41, 5.74) is 1.92. The quantitative estimate of drug-likeness (QED) is 0.504. The highest BCUT2D eigenvalue weighted by Gasteiger charge is 2.40. The molecule has 0 radical (unpaired) electrons. The van der Waals surface area contributed by atoms with Crippen molar-refractivity contribution in [3.05, 3.63) is 65.0 Å². The first-order chi connectivity index (χ1) is 14.7. The maximum atomic E-state index is 13.3. The molecule has 0 atom stereocenters. The van der Waals surface area contributed by atoms with E-state index in [1.54, 1.807) is 0 Å². The molecule has 1 saturated heterocycles. The van der Waals surface area contributed by atoms with Crippen LogP contribution in [0.15, 0.2) is 58.8 Å². The molecule has 2 aromatic carbocycles. The van der Waals surface area contributed by atoms with Crippen LogP contribution in [-0.2, 0) is 16.0 Å². The second-order valence-electron chi connectivity index (χ2n) is 7.61. The van der Waals surface area contributed by atoms with E-state index < -0.39 is 31.7 Å². The molecule has 0 spiro atoms. The Morgan fingerprint density at radius 2 is 1.77 bits per heavy atom. The average Bonchev–Trinajstić information content (AvgIpc) is 3.24. The summed E-state index contributed by atoms with van der Waals surface area (Å²) in [5.74, 6) is 0. The molecule has 0 unspecified atom stereocenters. The zero-order valence-corrected chi connectivity index (χ0v) is 18.4. The number of aromatic nitrogens is 1. The Bertz CT molecular complexity index is 1180. The average molecular weight is 467 g/mol. The van der Waals surface area contributed by atoms with E-state index in [4.69, 9.17) is 0 Å². The highest BCUT2D eigenvalue weighted by Crippen LogP contribution is 2.37. The van der Waals surface area contributed by atoms with Gasteiger partial charge in [0.2, 0.25) is 0 Å². The topological polar surface area (TPSA) is 50.3 Å². The van der Waals surface area contributed by atoms with E-state index in [9.17, 15) is 21.6 Å². The minimum Gasteiger partial charge on any atom is -0.348 e. The Morgan fingerprint density at radius 1 is 1.06 bits per heavy atom. The van der Waals surface area contributed by atoms with Crippen LogP contribution in [0.5, 0.6) is 0 Å². The van der Waals surface area contributed by atoms with Crippen LogP contribution in [0.2, 0.25) is 0 Å². The first-order valence-corrected chi connectivity index (χ1v) is 12.3. The number of alkyl halides is 3. The molecule has 0 saturated carbocycles. The van der Waals surface area contributed by atoms with Gasteiger partial charge < -0.3 is 4.90 Å². The smallest absolute Gasteiger partial charge is 0.348 e. The Hall–Kier alpha value is -2.39. The summed E-state index contributed by atoms with van der Waals surface area (Å²) >= 11 is 1.48. The molecule has 0 aliphatic carbocycles. The monoisotopic (exact) mass is 466 g/mol. The van der Waals surface area contributed by atoms with Gasteiger partial charge in [0.25, 0.3) is 0 Å². The van der Waals surface area contributed by atoms with Gasteiger partial charge in [-0.25, -0.2) is 13.4 Å². The van der Waals surface area contributed by atoms with Gasteiger partial charge >= 0.3 is 6.18 Å². The summed E-state index contributed by atoms with van der Waals surface area (Å²) in [5, 5.41) is 1.92. The van der Waals surface area contributed by atoms with Crippen LogP contribution < -0.4 is 4.90 Å². The first kappa shape index (κ1) is 21.8. The molecule has 0 amide bonds. The number of aryl methyl sites for hydroxylation is 1. The maximum Gasteiger partial charge on any atom is 0.417 e. The van der Waals surface area contributed by atoms with Crippen molar-refractivity contribution in [1.29, 1.82) is 0 Å². The molecule has 1 fully saturated rings. The Labute approximate surface area is 183 Å². The lowest BCUT2D eigenvalue weighted by Crippen LogP contribution is -2.39. The van der Waals surface area contributed by atoms with Crippen molar-refractivity contribution in [2.75, 3.05) is 18.0 Å². The molecule has 0 N–H and O–H groups in total. The van der Waals surface area contributed by atoms with E-state index in [1.807, 2.05) is 35.4 Å². The zero-order chi connectivity index (χ0) is 22.2. The molecule has 164 valence electrons. The summed E-state index contributed by atoms with van der Waals surface area (Å²) in [7, 11) is -4.09. The van der Waals surface area contributed by atoms with Crippen LogP contribution in [0.3, 0.4) is 0 Å². The highest BCUT2D eigenvalue weighted by atomic mass is 32.2. The van der Waals surface area contributed by atoms with Crippen molar-refractivity contribution >= 4 is 26.3 Å². The number of sulfone groups is 1. The first-order valence-electron chi connectivity index (χ1n) is 9.84. The van der Waals surface area contributed by atoms with Gasteiger partial charge in [0.15, 0.2) is 15.0 Å². The second-order valence-corrected chi connectivity index (χ2v) is 10.6. The molecule has 4 rings (SSSR count). The summed E-state index contributed by atoms with van der Waals surface area (Å²) in [6.07, 6.45) is -4.20. The van der Waals surface area contributed by atoms with Crippen LogP contribution in [0.25, 0.3) is 11.3 Å². The molecule has 1 aliphatic heterocycles. The van der Waals surface area contributed by atoms with Crippen molar-refractivity contribution in [1.82, 2.24) is 4.98 Å². The van der Waals surface area contributed by atoms with Gasteiger partial charge in [-0.1, -0.05) is 35.9 Å². The molecule has 3 aromatic rings. The predicted molar refractivity (Wildman–Crippen MR) is 116 cm³/mol. The Morgan fingerprint density at radius 3 is 2.45 bits per heavy atom. The number of piperidine rings is 1. The number of rotatable bonds is 4. The summed E-state index contributed by atoms with van der Waals surface area (Å²) in [6, 6.07) is 12.4. The predicted octanol–water partition coefficient (Wildman–Crippen LogP) is 5.58. The Balaban J connectivity index is 1.50. The number of hydrogen-bond acceptors (Lipinski definition) is 5. The molecule has 4 nitrogen and oxygen atoms in total. The number of thiazole rings is 1. The van der Waals surface area contributed by atoms with Gasteiger partial charge in [-0.2, -0.15) is 13.2 Å². The van der Waals surface area contributed by atoms with E-state index in [0.29, 0.717) is 13.1 Å². The van der Waals surface area contributed by atoms with Crippen LogP contribution in [-0.4, -0.2) is 31.7 Å². The number of halogens is 3. The number of benzene rings is 2. The molecule has 0 bridgehead atoms. The number of nitrogens with zero attached hydrogens (tertiary/aromatic N) is 2. The van der Waals surface area contributed by atoms with Crippen LogP contribution in [0.4, 0.5) is 18.3 Å². The van der Waals surface area contributed by atoms with Crippen molar-refractivity contribution in [3.63, 3.8) is 0 Å².